The monoisotopic (exact) mass is 138 g/mol. The molecule has 0 unspecified atom stereocenters. The molecule has 1 rings (SSSR count). The molecule has 9 heavy (non-hydrogen) atoms. The number of hydrogen-bond donors (Lipinski definition) is 1. The second-order valence-electron chi connectivity index (χ2n) is 1.78. The van der Waals surface area contributed by atoms with Crippen molar-refractivity contribution in [2.75, 3.05) is 26.2 Å². The second kappa shape index (κ2) is 5.23. The molecule has 0 amide bonds. The van der Waals surface area contributed by atoms with Crippen LogP contribution in [-0.4, -0.2) is 72.1 Å². The van der Waals surface area contributed by atoms with Crippen molar-refractivity contribution in [3.8, 4) is 0 Å². The second-order valence-corrected chi connectivity index (χ2v) is 1.78. The van der Waals surface area contributed by atoms with E-state index in [1.54, 1.807) is 6.34 Å². The van der Waals surface area contributed by atoms with Crippen molar-refractivity contribution in [3.05, 3.63) is 0 Å². The van der Waals surface area contributed by atoms with Crippen LogP contribution in [0.5, 0.6) is 0 Å². The summed E-state index contributed by atoms with van der Waals surface area (Å²) in [4.78, 5) is 5.97. The van der Waals surface area contributed by atoms with Gasteiger partial charge in [0.25, 0.3) is 0 Å². The zero-order valence-corrected chi connectivity index (χ0v) is 4.75. The molecule has 0 aliphatic carbocycles. The van der Waals surface area contributed by atoms with Gasteiger partial charge < -0.3 is 10.0 Å². The van der Waals surface area contributed by atoms with Gasteiger partial charge in [-0.25, -0.2) is 0 Å². The average molecular weight is 138 g/mol. The summed E-state index contributed by atoms with van der Waals surface area (Å²) >= 11 is 0. The van der Waals surface area contributed by atoms with Gasteiger partial charge in [-0.1, -0.05) is 0 Å². The van der Waals surface area contributed by atoms with Crippen molar-refractivity contribution in [2.45, 2.75) is 0 Å². The van der Waals surface area contributed by atoms with Crippen LogP contribution in [0.1, 0.15) is 0 Å². The quantitative estimate of drug-likeness (QED) is 0.480. The van der Waals surface area contributed by atoms with E-state index >= 15 is 0 Å². The molecule has 4 heteroatoms. The van der Waals surface area contributed by atoms with Gasteiger partial charge in [-0.15, -0.1) is 0 Å². The third kappa shape index (κ3) is 3.20. The van der Waals surface area contributed by atoms with Crippen molar-refractivity contribution in [1.82, 2.24) is 4.90 Å². The van der Waals surface area contributed by atoms with Crippen molar-refractivity contribution < 1.29 is 5.11 Å². The summed E-state index contributed by atoms with van der Waals surface area (Å²) in [5, 5.41) is 8.42. The third-order valence-corrected chi connectivity index (χ3v) is 1.15. The van der Waals surface area contributed by atoms with Gasteiger partial charge in [0.1, 0.15) is 0 Å². The number of aliphatic hydroxyl groups is 1. The molecular weight excluding hydrogens is 127 g/mol. The number of nitrogens with zero attached hydrogens (tertiary/aromatic N) is 2. The average Bonchev–Trinajstić information content (AvgIpc) is 2.19. The van der Waals surface area contributed by atoms with Crippen molar-refractivity contribution in [3.63, 3.8) is 0 Å². The molecule has 0 radical (unpaired) electrons. The Morgan fingerprint density at radius 1 is 1.67 bits per heavy atom. The van der Waals surface area contributed by atoms with Gasteiger partial charge in [0, 0.05) is 13.1 Å². The first kappa shape index (κ1) is 9.43. The maximum atomic E-state index is 8.42. The summed E-state index contributed by atoms with van der Waals surface area (Å²) in [5.41, 5.74) is 0. The van der Waals surface area contributed by atoms with E-state index in [0.717, 1.165) is 19.6 Å². The van der Waals surface area contributed by atoms with E-state index in [2.05, 4.69) is 4.99 Å². The molecule has 0 bridgehead atoms. The van der Waals surface area contributed by atoms with Crippen molar-refractivity contribution in [2.24, 2.45) is 4.99 Å². The minimum atomic E-state index is 0. The van der Waals surface area contributed by atoms with Gasteiger partial charge in [-0.2, -0.15) is 0 Å². The van der Waals surface area contributed by atoms with Gasteiger partial charge in [0.05, 0.1) is 19.5 Å². The fraction of sp³-hybridized carbons (Fsp3) is 0.800. The molecule has 48 valence electrons. The molecule has 0 spiro atoms. The van der Waals surface area contributed by atoms with Crippen molar-refractivity contribution >= 4 is 35.9 Å². The molecule has 1 N–H and O–H groups in total. The predicted octanol–water partition coefficient (Wildman–Crippen LogP) is -1.33. The number of β-amino-alcohol motifs (C(OH)–C–C–N with tert-alkyl or cyclic N) is 1. The molecule has 0 aromatic carbocycles. The number of hydrogen-bond acceptors (Lipinski definition) is 3. The van der Waals surface area contributed by atoms with Gasteiger partial charge >= 0.3 is 29.6 Å². The van der Waals surface area contributed by atoms with Crippen LogP contribution in [0.15, 0.2) is 4.99 Å². The van der Waals surface area contributed by atoms with Crippen LogP contribution in [0.3, 0.4) is 0 Å². The Morgan fingerprint density at radius 2 is 2.44 bits per heavy atom. The molecule has 1 aliphatic rings. The van der Waals surface area contributed by atoms with Crippen LogP contribution >= 0.6 is 0 Å². The van der Waals surface area contributed by atoms with E-state index < -0.39 is 0 Å². The normalized spacial score (nSPS) is 15.9. The standard InChI is InChI=1S/C5H10N2O.Na.H/c8-4-3-7-2-1-6-5-7;;/h5,8H,1-4H2;;. The van der Waals surface area contributed by atoms with Gasteiger partial charge in [-0.3, -0.25) is 4.99 Å². The molecule has 0 aromatic heterocycles. The molecule has 0 aromatic rings. The van der Waals surface area contributed by atoms with Crippen LogP contribution in [0.4, 0.5) is 0 Å². The van der Waals surface area contributed by atoms with Gasteiger partial charge in [-0.05, 0) is 0 Å². The Bertz CT molecular complexity index is 97.0. The van der Waals surface area contributed by atoms with Gasteiger partial charge in [0.2, 0.25) is 0 Å². The Balaban J connectivity index is 0.000000640. The summed E-state index contributed by atoms with van der Waals surface area (Å²) < 4.78 is 0. The fourth-order valence-corrected chi connectivity index (χ4v) is 0.715. The van der Waals surface area contributed by atoms with E-state index in [4.69, 9.17) is 5.11 Å². The molecule has 1 heterocycles. The van der Waals surface area contributed by atoms with Gasteiger partial charge in [0.15, 0.2) is 0 Å². The summed E-state index contributed by atoms with van der Waals surface area (Å²) in [6, 6.07) is 0. The molecule has 3 nitrogen and oxygen atoms in total. The Morgan fingerprint density at radius 3 is 2.89 bits per heavy atom. The van der Waals surface area contributed by atoms with Crippen molar-refractivity contribution in [1.29, 1.82) is 0 Å². The van der Waals surface area contributed by atoms with E-state index in [1.165, 1.54) is 0 Å². The fourth-order valence-electron chi connectivity index (χ4n) is 0.715. The molecule has 0 saturated heterocycles. The number of rotatable bonds is 2. The number of aliphatic hydroxyl groups excluding tert-OH is 1. The molecule has 1 aliphatic heterocycles. The summed E-state index contributed by atoms with van der Waals surface area (Å²) in [5.74, 6) is 0. The first-order valence-electron chi connectivity index (χ1n) is 2.78. The van der Waals surface area contributed by atoms with Crippen LogP contribution in [-0.2, 0) is 0 Å². The Labute approximate surface area is 77.1 Å². The zero-order valence-electron chi connectivity index (χ0n) is 4.75. The first-order chi connectivity index (χ1) is 3.93. The minimum absolute atomic E-state index is 0. The molecular formula is C5H11N2NaO. The maximum absolute atomic E-state index is 8.42. The van der Waals surface area contributed by atoms with E-state index in [9.17, 15) is 0 Å². The summed E-state index contributed by atoms with van der Waals surface area (Å²) in [6.07, 6.45) is 1.79. The number of aliphatic imine (C=N–C) groups is 1. The van der Waals surface area contributed by atoms with E-state index in [0.29, 0.717) is 0 Å². The van der Waals surface area contributed by atoms with Crippen LogP contribution in [0.25, 0.3) is 0 Å². The molecule has 0 fully saturated rings. The van der Waals surface area contributed by atoms with E-state index in [-0.39, 0.29) is 36.2 Å². The summed E-state index contributed by atoms with van der Waals surface area (Å²) in [7, 11) is 0. The molecule has 0 atom stereocenters. The van der Waals surface area contributed by atoms with Crippen LogP contribution in [0, 0.1) is 0 Å². The van der Waals surface area contributed by atoms with Crippen LogP contribution < -0.4 is 0 Å². The van der Waals surface area contributed by atoms with Crippen LogP contribution in [0.2, 0.25) is 0 Å². The Kier molecular flexibility index (Phi) is 5.48. The topological polar surface area (TPSA) is 35.8 Å². The van der Waals surface area contributed by atoms with E-state index in [1.807, 2.05) is 4.90 Å². The molecule has 0 saturated carbocycles. The summed E-state index contributed by atoms with van der Waals surface area (Å²) in [6.45, 7) is 2.82. The third-order valence-electron chi connectivity index (χ3n) is 1.15. The first-order valence-corrected chi connectivity index (χ1v) is 2.78. The SMILES string of the molecule is OCCN1C=NCC1.[NaH]. The zero-order chi connectivity index (χ0) is 5.82. The Hall–Kier alpha value is 0.430. The predicted molar refractivity (Wildman–Crippen MR) is 39.2 cm³/mol.